The van der Waals surface area contributed by atoms with Crippen molar-refractivity contribution in [3.63, 3.8) is 0 Å². The van der Waals surface area contributed by atoms with Gasteiger partial charge in [0.1, 0.15) is 33.2 Å². The van der Waals surface area contributed by atoms with E-state index in [9.17, 15) is 4.79 Å². The topological polar surface area (TPSA) is 104 Å². The van der Waals surface area contributed by atoms with Crippen LogP contribution in [0.5, 0.6) is 17.2 Å². The third-order valence-electron chi connectivity index (χ3n) is 7.45. The number of aromatic nitrogens is 4. The first-order valence-corrected chi connectivity index (χ1v) is 15.9. The molecular formula is C34H38N6O4S. The van der Waals surface area contributed by atoms with E-state index in [0.717, 1.165) is 40.1 Å². The summed E-state index contributed by atoms with van der Waals surface area (Å²) in [4.78, 5) is 25.0. The molecule has 4 heterocycles. The highest BCUT2D eigenvalue weighted by atomic mass is 32.1. The molecule has 1 fully saturated rings. The van der Waals surface area contributed by atoms with Crippen LogP contribution >= 0.6 is 11.3 Å². The minimum Gasteiger partial charge on any atom is -0.497 e. The lowest BCUT2D eigenvalue weighted by Crippen LogP contribution is -2.47. The maximum Gasteiger partial charge on any atom is 0.410 e. The highest BCUT2D eigenvalue weighted by Crippen LogP contribution is 2.36. The fourth-order valence-electron chi connectivity index (χ4n) is 5.33. The van der Waals surface area contributed by atoms with Crippen LogP contribution in [-0.2, 0) is 11.3 Å². The Balaban J connectivity index is 1.31. The summed E-state index contributed by atoms with van der Waals surface area (Å²) in [6.45, 7) is 9.38. The molecule has 2 aromatic carbocycles. The number of rotatable bonds is 8. The number of methoxy groups -OCH3 is 1. The van der Waals surface area contributed by atoms with Gasteiger partial charge in [-0.15, -0.1) is 11.3 Å². The molecule has 1 aliphatic rings. The lowest BCUT2D eigenvalue weighted by molar-refractivity contribution is 0.0206. The van der Waals surface area contributed by atoms with Crippen molar-refractivity contribution < 1.29 is 19.0 Å². The Bertz CT molecular complexity index is 1780. The van der Waals surface area contributed by atoms with Crippen molar-refractivity contribution in [2.45, 2.75) is 58.7 Å². The van der Waals surface area contributed by atoms with Crippen LogP contribution in [0, 0.1) is 6.92 Å². The Hall–Kier alpha value is -4.64. The number of piperidine rings is 1. The standard InChI is InChI=1S/C34H38N6O4S/c1-22-19-36-32(45-22)24-10-14-27(15-11-24)43-28-16-17-35-31-29(28)30(38-40(31)20-23-8-12-26(42-5)13-9-23)37-25-7-6-18-39(21-25)33(41)44-34(2,3)4/h8-17,19,25H,6-7,18,20-21H2,1-5H3,(H,37,38)/t25-/m1/s1. The molecule has 234 valence electrons. The Labute approximate surface area is 267 Å². The molecule has 1 N–H and O–H groups in total. The molecular weight excluding hydrogens is 588 g/mol. The maximum absolute atomic E-state index is 12.9. The zero-order valence-electron chi connectivity index (χ0n) is 26.2. The number of fused-ring (bicyclic) bond motifs is 1. The number of amides is 1. The predicted molar refractivity (Wildman–Crippen MR) is 176 cm³/mol. The molecule has 3 aromatic heterocycles. The van der Waals surface area contributed by atoms with E-state index in [1.165, 1.54) is 4.88 Å². The molecule has 6 rings (SSSR count). The number of anilines is 1. The SMILES string of the molecule is COc1ccc(Cn2nc(N[C@@H]3CCCN(C(=O)OC(C)(C)C)C3)c3c(Oc4ccc(-c5ncc(C)s5)cc4)ccnc32)cc1. The van der Waals surface area contributed by atoms with E-state index < -0.39 is 5.60 Å². The Morgan fingerprint density at radius 1 is 1.04 bits per heavy atom. The maximum atomic E-state index is 12.9. The van der Waals surface area contributed by atoms with Gasteiger partial charge >= 0.3 is 6.09 Å². The number of carbonyl (C=O) groups is 1. The summed E-state index contributed by atoms with van der Waals surface area (Å²) in [7, 11) is 1.65. The zero-order valence-corrected chi connectivity index (χ0v) is 27.1. The average molecular weight is 627 g/mol. The third-order valence-corrected chi connectivity index (χ3v) is 8.41. The number of hydrogen-bond acceptors (Lipinski definition) is 9. The molecule has 11 heteroatoms. The van der Waals surface area contributed by atoms with Gasteiger partial charge in [0.15, 0.2) is 11.5 Å². The monoisotopic (exact) mass is 626 g/mol. The predicted octanol–water partition coefficient (Wildman–Crippen LogP) is 7.52. The van der Waals surface area contributed by atoms with Crippen molar-refractivity contribution in [2.75, 3.05) is 25.5 Å². The summed E-state index contributed by atoms with van der Waals surface area (Å²) in [6, 6.07) is 17.7. The fourth-order valence-corrected chi connectivity index (χ4v) is 6.10. The highest BCUT2D eigenvalue weighted by Gasteiger charge is 2.29. The smallest absolute Gasteiger partial charge is 0.410 e. The van der Waals surface area contributed by atoms with Gasteiger partial charge in [0, 0.05) is 48.0 Å². The summed E-state index contributed by atoms with van der Waals surface area (Å²) in [5.41, 5.74) is 2.24. The van der Waals surface area contributed by atoms with Gasteiger partial charge in [-0.2, -0.15) is 5.10 Å². The number of nitrogens with one attached hydrogen (secondary N) is 1. The van der Waals surface area contributed by atoms with Gasteiger partial charge in [0.2, 0.25) is 0 Å². The third kappa shape index (κ3) is 7.20. The number of thiazole rings is 1. The number of hydrogen-bond donors (Lipinski definition) is 1. The Morgan fingerprint density at radius 3 is 2.49 bits per heavy atom. The van der Waals surface area contributed by atoms with Gasteiger partial charge in [0.25, 0.3) is 0 Å². The second kappa shape index (κ2) is 12.8. The molecule has 10 nitrogen and oxygen atoms in total. The summed E-state index contributed by atoms with van der Waals surface area (Å²) >= 11 is 1.66. The lowest BCUT2D eigenvalue weighted by Gasteiger charge is -2.34. The van der Waals surface area contributed by atoms with Gasteiger partial charge in [-0.25, -0.2) is 19.4 Å². The number of likely N-dealkylation sites (tertiary alicyclic amines) is 1. The number of carbonyl (C=O) groups excluding carboxylic acids is 1. The van der Waals surface area contributed by atoms with Crippen LogP contribution < -0.4 is 14.8 Å². The highest BCUT2D eigenvalue weighted by molar-refractivity contribution is 7.14. The average Bonchev–Trinajstić information content (AvgIpc) is 3.61. The molecule has 0 unspecified atom stereocenters. The van der Waals surface area contributed by atoms with Crippen LogP contribution in [0.3, 0.4) is 0 Å². The van der Waals surface area contributed by atoms with E-state index in [-0.39, 0.29) is 12.1 Å². The molecule has 0 bridgehead atoms. The van der Waals surface area contributed by atoms with Crippen molar-refractivity contribution in [1.82, 2.24) is 24.6 Å². The largest absolute Gasteiger partial charge is 0.497 e. The van der Waals surface area contributed by atoms with E-state index in [4.69, 9.17) is 24.3 Å². The first-order valence-electron chi connectivity index (χ1n) is 15.1. The number of aryl methyl sites for hydroxylation is 1. The number of nitrogens with zero attached hydrogens (tertiary/aromatic N) is 5. The summed E-state index contributed by atoms with van der Waals surface area (Å²) in [6.07, 6.45) is 5.07. The van der Waals surface area contributed by atoms with Crippen molar-refractivity contribution in [3.05, 3.63) is 77.4 Å². The molecule has 0 spiro atoms. The summed E-state index contributed by atoms with van der Waals surface area (Å²) < 4.78 is 19.3. The van der Waals surface area contributed by atoms with Crippen molar-refractivity contribution in [3.8, 4) is 27.8 Å². The van der Waals surface area contributed by atoms with Crippen LogP contribution in [0.15, 0.2) is 67.0 Å². The molecule has 45 heavy (non-hydrogen) atoms. The molecule has 1 atom stereocenters. The van der Waals surface area contributed by atoms with E-state index in [1.807, 2.05) is 86.2 Å². The normalized spacial score (nSPS) is 15.2. The molecule has 0 aliphatic carbocycles. The van der Waals surface area contributed by atoms with E-state index in [1.54, 1.807) is 29.5 Å². The van der Waals surface area contributed by atoms with Gasteiger partial charge < -0.3 is 24.4 Å². The van der Waals surface area contributed by atoms with Gasteiger partial charge in [-0.1, -0.05) is 12.1 Å². The van der Waals surface area contributed by atoms with Crippen LogP contribution in [-0.4, -0.2) is 62.6 Å². The second-order valence-electron chi connectivity index (χ2n) is 12.2. The van der Waals surface area contributed by atoms with Crippen LogP contribution in [0.4, 0.5) is 10.6 Å². The molecule has 0 radical (unpaired) electrons. The van der Waals surface area contributed by atoms with Gasteiger partial charge in [-0.3, -0.25) is 0 Å². The first kappa shape index (κ1) is 30.4. The second-order valence-corrected chi connectivity index (χ2v) is 13.4. The molecule has 5 aromatic rings. The zero-order chi connectivity index (χ0) is 31.6. The summed E-state index contributed by atoms with van der Waals surface area (Å²) in [5.74, 6) is 2.79. The van der Waals surface area contributed by atoms with Gasteiger partial charge in [-0.05, 0) is 82.5 Å². The van der Waals surface area contributed by atoms with E-state index >= 15 is 0 Å². The van der Waals surface area contributed by atoms with E-state index in [2.05, 4.69) is 17.2 Å². The molecule has 0 saturated carbocycles. The summed E-state index contributed by atoms with van der Waals surface area (Å²) in [5, 5.41) is 10.4. The lowest BCUT2D eigenvalue weighted by atomic mass is 10.1. The number of pyridine rings is 1. The quantitative estimate of drug-likeness (QED) is 0.189. The Kier molecular flexibility index (Phi) is 8.62. The van der Waals surface area contributed by atoms with Gasteiger partial charge in [0.05, 0.1) is 13.7 Å². The van der Waals surface area contributed by atoms with E-state index in [0.29, 0.717) is 42.6 Å². The molecule has 1 saturated heterocycles. The van der Waals surface area contributed by atoms with Crippen LogP contribution in [0.25, 0.3) is 21.6 Å². The fraction of sp³-hybridized carbons (Fsp3) is 0.353. The number of benzene rings is 2. The molecule has 1 aliphatic heterocycles. The van der Waals surface area contributed by atoms with Crippen molar-refractivity contribution in [2.24, 2.45) is 0 Å². The molecule has 1 amide bonds. The minimum atomic E-state index is -0.552. The van der Waals surface area contributed by atoms with Crippen molar-refractivity contribution >= 4 is 34.3 Å². The minimum absolute atomic E-state index is 0.0205. The van der Waals surface area contributed by atoms with Crippen LogP contribution in [0.2, 0.25) is 0 Å². The van der Waals surface area contributed by atoms with Crippen molar-refractivity contribution in [1.29, 1.82) is 0 Å². The first-order chi connectivity index (χ1) is 21.6. The van der Waals surface area contributed by atoms with Crippen LogP contribution in [0.1, 0.15) is 44.1 Å². The Morgan fingerprint density at radius 2 is 1.80 bits per heavy atom. The number of ether oxygens (including phenoxy) is 3.